The van der Waals surface area contributed by atoms with Crippen LogP contribution < -0.4 is 15.8 Å². The van der Waals surface area contributed by atoms with Crippen LogP contribution >= 0.6 is 0 Å². The molecule has 1 amide bonds. The maximum atomic E-state index is 12.3. The number of amides is 1. The normalized spacial score (nSPS) is 22.8. The Kier molecular flexibility index (Phi) is 4.97. The zero-order valence-corrected chi connectivity index (χ0v) is 12.8. The molecule has 1 saturated carbocycles. The molecule has 0 spiro atoms. The fraction of sp³-hybridized carbons (Fsp3) is 0.500. The molecule has 2 atom stereocenters. The molecule has 0 bridgehead atoms. The first kappa shape index (κ1) is 15.9. The molecule has 1 aromatic rings. The van der Waals surface area contributed by atoms with Gasteiger partial charge in [0, 0.05) is 24.7 Å². The summed E-state index contributed by atoms with van der Waals surface area (Å²) in [7, 11) is -3.58. The molecule has 116 valence electrons. The zero-order valence-electron chi connectivity index (χ0n) is 12.0. The first-order chi connectivity index (χ1) is 9.88. The molecule has 1 aliphatic rings. The molecule has 1 aromatic carbocycles. The van der Waals surface area contributed by atoms with Gasteiger partial charge in [-0.25, -0.2) is 13.1 Å². The van der Waals surface area contributed by atoms with Gasteiger partial charge in [0.05, 0.1) is 4.90 Å². The van der Waals surface area contributed by atoms with Gasteiger partial charge in [-0.3, -0.25) is 4.79 Å². The van der Waals surface area contributed by atoms with Crippen LogP contribution in [-0.4, -0.2) is 26.4 Å². The zero-order chi connectivity index (χ0) is 15.5. The van der Waals surface area contributed by atoms with E-state index in [0.717, 1.165) is 25.7 Å². The lowest BCUT2D eigenvalue weighted by Gasteiger charge is -2.29. The number of hydrogen-bond acceptors (Lipinski definition) is 4. The number of nitrogens with one attached hydrogen (secondary N) is 2. The highest BCUT2D eigenvalue weighted by molar-refractivity contribution is 7.89. The SMILES string of the molecule is CC(=O)Nc1ccc(S(=O)(=O)N[C@@H]2CCCC[C@H]2N)cc1. The average Bonchev–Trinajstić information content (AvgIpc) is 2.41. The van der Waals surface area contributed by atoms with Gasteiger partial charge in [-0.2, -0.15) is 0 Å². The fourth-order valence-electron chi connectivity index (χ4n) is 2.49. The van der Waals surface area contributed by atoms with Gasteiger partial charge in [0.25, 0.3) is 0 Å². The highest BCUT2D eigenvalue weighted by atomic mass is 32.2. The first-order valence-electron chi connectivity index (χ1n) is 7.04. The highest BCUT2D eigenvalue weighted by Gasteiger charge is 2.27. The van der Waals surface area contributed by atoms with E-state index in [2.05, 4.69) is 10.0 Å². The lowest BCUT2D eigenvalue weighted by Crippen LogP contribution is -2.49. The fourth-order valence-corrected chi connectivity index (χ4v) is 3.82. The molecule has 4 N–H and O–H groups in total. The second-order valence-corrected chi connectivity index (χ2v) is 7.10. The van der Waals surface area contributed by atoms with E-state index in [9.17, 15) is 13.2 Å². The summed E-state index contributed by atoms with van der Waals surface area (Å²) in [4.78, 5) is 11.1. The minimum atomic E-state index is -3.58. The van der Waals surface area contributed by atoms with Crippen LogP contribution in [0.2, 0.25) is 0 Å². The Bertz CT molecular complexity index is 598. The molecule has 0 radical (unpaired) electrons. The molecule has 0 unspecified atom stereocenters. The molecular weight excluding hydrogens is 290 g/mol. The van der Waals surface area contributed by atoms with Gasteiger partial charge in [-0.05, 0) is 37.1 Å². The van der Waals surface area contributed by atoms with Crippen LogP contribution in [0.4, 0.5) is 5.69 Å². The lowest BCUT2D eigenvalue weighted by molar-refractivity contribution is -0.114. The Hall–Kier alpha value is -1.44. The summed E-state index contributed by atoms with van der Waals surface area (Å²) in [5.74, 6) is -0.197. The van der Waals surface area contributed by atoms with Crippen molar-refractivity contribution in [3.8, 4) is 0 Å². The van der Waals surface area contributed by atoms with Gasteiger partial charge in [0.2, 0.25) is 15.9 Å². The van der Waals surface area contributed by atoms with Crippen LogP contribution in [0, 0.1) is 0 Å². The summed E-state index contributed by atoms with van der Waals surface area (Å²) >= 11 is 0. The monoisotopic (exact) mass is 311 g/mol. The summed E-state index contributed by atoms with van der Waals surface area (Å²) in [5, 5.41) is 2.60. The Morgan fingerprint density at radius 3 is 2.38 bits per heavy atom. The first-order valence-corrected chi connectivity index (χ1v) is 8.52. The Morgan fingerprint density at radius 1 is 1.19 bits per heavy atom. The van der Waals surface area contributed by atoms with Crippen molar-refractivity contribution in [3.05, 3.63) is 24.3 Å². The van der Waals surface area contributed by atoms with E-state index in [1.54, 1.807) is 12.1 Å². The average molecular weight is 311 g/mol. The summed E-state index contributed by atoms with van der Waals surface area (Å²) < 4.78 is 27.3. The number of benzene rings is 1. The summed E-state index contributed by atoms with van der Waals surface area (Å²) in [6.07, 6.45) is 3.65. The number of anilines is 1. The largest absolute Gasteiger partial charge is 0.326 e. The van der Waals surface area contributed by atoms with Gasteiger partial charge in [0.15, 0.2) is 0 Å². The molecule has 1 fully saturated rings. The van der Waals surface area contributed by atoms with Crippen molar-refractivity contribution in [2.24, 2.45) is 5.73 Å². The molecule has 6 nitrogen and oxygen atoms in total. The van der Waals surface area contributed by atoms with Crippen LogP contribution in [0.1, 0.15) is 32.6 Å². The quantitative estimate of drug-likeness (QED) is 0.777. The molecule has 0 saturated heterocycles. The number of sulfonamides is 1. The predicted octanol–water partition coefficient (Wildman–Crippen LogP) is 1.19. The Balaban J connectivity index is 2.10. The van der Waals surface area contributed by atoms with E-state index < -0.39 is 10.0 Å². The molecular formula is C14H21N3O3S. The van der Waals surface area contributed by atoms with Gasteiger partial charge >= 0.3 is 0 Å². The van der Waals surface area contributed by atoms with Gasteiger partial charge in [-0.1, -0.05) is 12.8 Å². The van der Waals surface area contributed by atoms with Crippen molar-refractivity contribution in [3.63, 3.8) is 0 Å². The van der Waals surface area contributed by atoms with E-state index in [-0.39, 0.29) is 22.9 Å². The van der Waals surface area contributed by atoms with E-state index in [1.807, 2.05) is 0 Å². The van der Waals surface area contributed by atoms with Gasteiger partial charge in [-0.15, -0.1) is 0 Å². The molecule has 1 aliphatic carbocycles. The molecule has 0 heterocycles. The predicted molar refractivity (Wildman–Crippen MR) is 81.3 cm³/mol. The van der Waals surface area contributed by atoms with Crippen LogP contribution in [0.25, 0.3) is 0 Å². The van der Waals surface area contributed by atoms with Crippen molar-refractivity contribution in [1.82, 2.24) is 4.72 Å². The molecule has 0 aliphatic heterocycles. The van der Waals surface area contributed by atoms with Crippen LogP contribution in [0.5, 0.6) is 0 Å². The minimum Gasteiger partial charge on any atom is -0.326 e. The highest BCUT2D eigenvalue weighted by Crippen LogP contribution is 2.20. The molecule has 7 heteroatoms. The van der Waals surface area contributed by atoms with E-state index in [1.165, 1.54) is 19.1 Å². The van der Waals surface area contributed by atoms with Crippen molar-refractivity contribution >= 4 is 21.6 Å². The second kappa shape index (κ2) is 6.55. The number of carbonyl (C=O) groups is 1. The lowest BCUT2D eigenvalue weighted by atomic mass is 9.92. The van der Waals surface area contributed by atoms with Gasteiger partial charge in [0.1, 0.15) is 0 Å². The maximum absolute atomic E-state index is 12.3. The number of carbonyl (C=O) groups excluding carboxylic acids is 1. The topological polar surface area (TPSA) is 101 Å². The molecule has 0 aromatic heterocycles. The third-order valence-electron chi connectivity index (χ3n) is 3.61. The molecule has 21 heavy (non-hydrogen) atoms. The smallest absolute Gasteiger partial charge is 0.240 e. The van der Waals surface area contributed by atoms with Crippen molar-refractivity contribution in [2.45, 2.75) is 49.6 Å². The van der Waals surface area contributed by atoms with Crippen LogP contribution in [-0.2, 0) is 14.8 Å². The Labute approximate surface area is 125 Å². The number of hydrogen-bond donors (Lipinski definition) is 3. The summed E-state index contributed by atoms with van der Waals surface area (Å²) in [5.41, 5.74) is 6.53. The minimum absolute atomic E-state index is 0.132. The van der Waals surface area contributed by atoms with Gasteiger partial charge < -0.3 is 11.1 Å². The number of nitrogens with two attached hydrogens (primary N) is 1. The van der Waals surface area contributed by atoms with Crippen molar-refractivity contribution in [1.29, 1.82) is 0 Å². The summed E-state index contributed by atoms with van der Waals surface area (Å²) in [6, 6.07) is 5.74. The third-order valence-corrected chi connectivity index (χ3v) is 5.12. The Morgan fingerprint density at radius 2 is 1.81 bits per heavy atom. The number of rotatable bonds is 4. The molecule has 2 rings (SSSR count). The van der Waals surface area contributed by atoms with Crippen LogP contribution in [0.15, 0.2) is 29.2 Å². The van der Waals surface area contributed by atoms with Crippen molar-refractivity contribution in [2.75, 3.05) is 5.32 Å². The van der Waals surface area contributed by atoms with Crippen LogP contribution in [0.3, 0.4) is 0 Å². The second-order valence-electron chi connectivity index (χ2n) is 5.38. The van der Waals surface area contributed by atoms with Crippen molar-refractivity contribution < 1.29 is 13.2 Å². The summed E-state index contributed by atoms with van der Waals surface area (Å²) in [6.45, 7) is 1.40. The maximum Gasteiger partial charge on any atom is 0.240 e. The standard InChI is InChI=1S/C14H21N3O3S/c1-10(18)16-11-6-8-12(9-7-11)21(19,20)17-14-5-3-2-4-13(14)15/h6-9,13-14,17H,2-5,15H2,1H3,(H,16,18)/t13-,14-/m1/s1. The third kappa shape index (κ3) is 4.26. The van der Waals surface area contributed by atoms with E-state index >= 15 is 0 Å². The van der Waals surface area contributed by atoms with E-state index in [4.69, 9.17) is 5.73 Å². The van der Waals surface area contributed by atoms with E-state index in [0.29, 0.717) is 5.69 Å².